The number of carbonyl (C=O) groups excluding carboxylic acids is 1. The van der Waals surface area contributed by atoms with Crippen LogP contribution in [0.2, 0.25) is 5.15 Å². The van der Waals surface area contributed by atoms with E-state index in [1.807, 2.05) is 29.2 Å². The van der Waals surface area contributed by atoms with E-state index in [4.69, 9.17) is 33.5 Å². The molecule has 1 heterocycles. The summed E-state index contributed by atoms with van der Waals surface area (Å²) in [7, 11) is 0. The fourth-order valence-electron chi connectivity index (χ4n) is 4.63. The van der Waals surface area contributed by atoms with E-state index in [-0.39, 0.29) is 41.4 Å². The van der Waals surface area contributed by atoms with E-state index in [9.17, 15) is 25.2 Å². The number of guanidine groups is 1. The molecule has 2 rings (SSSR count). The van der Waals surface area contributed by atoms with Crippen LogP contribution in [0.25, 0.3) is 0 Å². The Kier molecular flexibility index (Phi) is 17.6. The highest BCUT2D eigenvalue weighted by Crippen LogP contribution is 2.18. The maximum absolute atomic E-state index is 12.3. The van der Waals surface area contributed by atoms with Crippen molar-refractivity contribution >= 4 is 35.1 Å². The molecule has 1 aromatic heterocycles. The van der Waals surface area contributed by atoms with Gasteiger partial charge in [-0.25, -0.2) is 9.97 Å². The number of rotatable bonds is 21. The number of aliphatic imine (C=N–C) groups is 1. The first-order chi connectivity index (χ1) is 22.0. The third-order valence-electron chi connectivity index (χ3n) is 7.45. The summed E-state index contributed by atoms with van der Waals surface area (Å²) in [6.45, 7) is 6.05. The SMILES string of the molecule is CCCCCCN(CCOc1ccc(CCCCN=C(N)NC(=O)c2nc(Cl)c(N)nc2N)cc1)C[C@H](O)[C@H](O)[C@@H](O)[C@@H](O)CC. The molecular weight excluding hydrogens is 616 g/mol. The van der Waals surface area contributed by atoms with E-state index in [0.717, 1.165) is 62.8 Å². The van der Waals surface area contributed by atoms with Gasteiger partial charge in [-0.1, -0.05) is 56.8 Å². The van der Waals surface area contributed by atoms with Crippen LogP contribution in [-0.2, 0) is 6.42 Å². The second-order valence-electron chi connectivity index (χ2n) is 11.2. The highest BCUT2D eigenvalue weighted by molar-refractivity contribution is 6.31. The smallest absolute Gasteiger partial charge is 0.280 e. The Hall–Kier alpha value is -3.27. The minimum atomic E-state index is -1.44. The fourth-order valence-corrected chi connectivity index (χ4v) is 4.76. The molecule has 4 atom stereocenters. The van der Waals surface area contributed by atoms with Crippen LogP contribution in [0.15, 0.2) is 29.3 Å². The van der Waals surface area contributed by atoms with Crippen LogP contribution in [0.1, 0.15) is 74.8 Å². The normalized spacial score (nSPS) is 14.6. The molecule has 0 saturated heterocycles. The number of aliphatic hydroxyl groups excluding tert-OH is 4. The van der Waals surface area contributed by atoms with Crippen LogP contribution in [0.3, 0.4) is 0 Å². The van der Waals surface area contributed by atoms with Gasteiger partial charge in [-0.15, -0.1) is 0 Å². The Morgan fingerprint density at radius 1 is 0.957 bits per heavy atom. The molecular formula is C31H51ClN8O6. The Bertz CT molecular complexity index is 1220. The predicted molar refractivity (Wildman–Crippen MR) is 180 cm³/mol. The monoisotopic (exact) mass is 666 g/mol. The van der Waals surface area contributed by atoms with Gasteiger partial charge in [0.2, 0.25) is 0 Å². The third-order valence-corrected chi connectivity index (χ3v) is 7.72. The molecule has 0 spiro atoms. The lowest BCUT2D eigenvalue weighted by atomic mass is 10.0. The summed E-state index contributed by atoms with van der Waals surface area (Å²) >= 11 is 5.81. The zero-order valence-electron chi connectivity index (χ0n) is 26.8. The van der Waals surface area contributed by atoms with Crippen LogP contribution in [-0.4, -0.2) is 104 Å². The first-order valence-electron chi connectivity index (χ1n) is 15.8. The third kappa shape index (κ3) is 13.6. The number of anilines is 2. The molecule has 0 bridgehead atoms. The molecule has 14 nitrogen and oxygen atoms in total. The first kappa shape index (κ1) is 38.9. The summed E-state index contributed by atoms with van der Waals surface area (Å²) in [6.07, 6.45) is 1.78. The van der Waals surface area contributed by atoms with Crippen LogP contribution in [0.4, 0.5) is 11.6 Å². The molecule has 11 N–H and O–H groups in total. The molecule has 1 aromatic carbocycles. The van der Waals surface area contributed by atoms with Crippen LogP contribution in [0, 0.1) is 0 Å². The zero-order chi connectivity index (χ0) is 34.1. The van der Waals surface area contributed by atoms with Crippen LogP contribution in [0.5, 0.6) is 5.75 Å². The Labute approximate surface area is 276 Å². The molecule has 0 unspecified atom stereocenters. The van der Waals surface area contributed by atoms with E-state index < -0.39 is 30.3 Å². The predicted octanol–water partition coefficient (Wildman–Crippen LogP) is 1.48. The summed E-state index contributed by atoms with van der Waals surface area (Å²) in [6, 6.07) is 7.82. The second kappa shape index (κ2) is 20.8. The number of nitrogens with zero attached hydrogens (tertiary/aromatic N) is 4. The number of nitrogens with two attached hydrogens (primary N) is 3. The Morgan fingerprint density at radius 3 is 2.33 bits per heavy atom. The van der Waals surface area contributed by atoms with Gasteiger partial charge in [0, 0.05) is 19.6 Å². The van der Waals surface area contributed by atoms with Gasteiger partial charge in [0.1, 0.15) is 24.6 Å². The summed E-state index contributed by atoms with van der Waals surface area (Å²) in [5.41, 5.74) is 18.0. The van der Waals surface area contributed by atoms with Crippen molar-refractivity contribution in [2.24, 2.45) is 10.7 Å². The van der Waals surface area contributed by atoms with Gasteiger partial charge < -0.3 is 42.4 Å². The number of carbonyl (C=O) groups is 1. The summed E-state index contributed by atoms with van der Waals surface area (Å²) in [5.74, 6) is -0.278. The van der Waals surface area contributed by atoms with Crippen molar-refractivity contribution in [2.45, 2.75) is 89.6 Å². The maximum atomic E-state index is 12.3. The van der Waals surface area contributed by atoms with Crippen molar-refractivity contribution < 1.29 is 30.0 Å². The number of hydrogen-bond donors (Lipinski definition) is 8. The number of aromatic nitrogens is 2. The maximum Gasteiger partial charge on any atom is 0.280 e. The molecule has 15 heteroatoms. The number of benzene rings is 1. The Morgan fingerprint density at radius 2 is 1.65 bits per heavy atom. The lowest BCUT2D eigenvalue weighted by molar-refractivity contribution is -0.111. The number of ether oxygens (including phenoxy) is 1. The number of halogens is 1. The lowest BCUT2D eigenvalue weighted by Crippen LogP contribution is -2.49. The highest BCUT2D eigenvalue weighted by atomic mass is 35.5. The van der Waals surface area contributed by atoms with E-state index in [1.54, 1.807) is 6.92 Å². The number of aliphatic hydroxyl groups is 4. The van der Waals surface area contributed by atoms with E-state index in [1.165, 1.54) is 0 Å². The highest BCUT2D eigenvalue weighted by Gasteiger charge is 2.30. The molecule has 2 aromatic rings. The van der Waals surface area contributed by atoms with Crippen LogP contribution >= 0.6 is 11.6 Å². The minimum Gasteiger partial charge on any atom is -0.492 e. The summed E-state index contributed by atoms with van der Waals surface area (Å²) < 4.78 is 5.95. The molecule has 0 aliphatic rings. The van der Waals surface area contributed by atoms with E-state index in [2.05, 4.69) is 27.2 Å². The quantitative estimate of drug-likeness (QED) is 0.0537. The van der Waals surface area contributed by atoms with Crippen molar-refractivity contribution in [3.8, 4) is 5.75 Å². The van der Waals surface area contributed by atoms with Crippen molar-refractivity contribution in [1.82, 2.24) is 20.2 Å². The second-order valence-corrected chi connectivity index (χ2v) is 11.5. The average Bonchev–Trinajstić information content (AvgIpc) is 3.03. The van der Waals surface area contributed by atoms with E-state index in [0.29, 0.717) is 19.7 Å². The fraction of sp³-hybridized carbons (Fsp3) is 0.613. The molecule has 46 heavy (non-hydrogen) atoms. The van der Waals surface area contributed by atoms with Gasteiger partial charge in [-0.3, -0.25) is 20.0 Å². The van der Waals surface area contributed by atoms with Crippen LogP contribution < -0.4 is 27.3 Å². The number of amides is 1. The van der Waals surface area contributed by atoms with Gasteiger partial charge in [0.05, 0.1) is 12.2 Å². The van der Waals surface area contributed by atoms with Crippen molar-refractivity contribution in [3.63, 3.8) is 0 Å². The molecule has 1 amide bonds. The van der Waals surface area contributed by atoms with Crippen molar-refractivity contribution in [1.29, 1.82) is 0 Å². The molecule has 0 aliphatic carbocycles. The topological polar surface area (TPSA) is 239 Å². The number of nitrogen functional groups attached to an aromatic ring is 2. The molecule has 0 saturated carbocycles. The minimum absolute atomic E-state index is 0.0706. The van der Waals surface area contributed by atoms with E-state index >= 15 is 0 Å². The number of hydrogen-bond acceptors (Lipinski definition) is 12. The number of nitrogens with one attached hydrogen (secondary N) is 1. The molecule has 258 valence electrons. The molecule has 0 aliphatic heterocycles. The summed E-state index contributed by atoms with van der Waals surface area (Å²) in [4.78, 5) is 26.1. The first-order valence-corrected chi connectivity index (χ1v) is 16.2. The summed E-state index contributed by atoms with van der Waals surface area (Å²) in [5, 5.41) is 43.1. The van der Waals surface area contributed by atoms with Gasteiger partial charge in [0.25, 0.3) is 5.91 Å². The van der Waals surface area contributed by atoms with Gasteiger partial charge in [-0.05, 0) is 56.3 Å². The lowest BCUT2D eigenvalue weighted by Gasteiger charge is -2.30. The standard InChI is InChI=1S/C31H51ClN8O6/c1-3-5-6-9-16-40(19-23(42)26(44)25(43)22(41)4-2)17-18-46-21-13-11-20(12-14-21)10-7-8-15-36-31(35)39-30(45)24-28(33)38-29(34)27(32)37-24/h11-14,22-23,25-26,41-44H,3-10,15-19H2,1-2H3,(H4,33,34,38)(H3,35,36,39,45)/t22-,23-,25-,26-/m0/s1. The zero-order valence-corrected chi connectivity index (χ0v) is 27.6. The Balaban J connectivity index is 1.76. The van der Waals surface area contributed by atoms with Crippen molar-refractivity contribution in [2.75, 3.05) is 44.3 Å². The van der Waals surface area contributed by atoms with Crippen molar-refractivity contribution in [3.05, 3.63) is 40.7 Å². The average molecular weight is 667 g/mol. The largest absolute Gasteiger partial charge is 0.492 e. The molecule has 0 fully saturated rings. The van der Waals surface area contributed by atoms with Gasteiger partial charge in [-0.2, -0.15) is 0 Å². The van der Waals surface area contributed by atoms with Gasteiger partial charge >= 0.3 is 0 Å². The number of aryl methyl sites for hydroxylation is 1. The number of unbranched alkanes of at least 4 members (excludes halogenated alkanes) is 4. The molecule has 0 radical (unpaired) electrons. The van der Waals surface area contributed by atoms with Gasteiger partial charge in [0.15, 0.2) is 28.4 Å².